The molecule has 0 aliphatic carbocycles. The Morgan fingerprint density at radius 1 is 0.500 bits per heavy atom. The van der Waals surface area contributed by atoms with E-state index in [1.807, 2.05) is 0 Å². The Hall–Kier alpha value is 0.426. The number of hydrogen-bond donors (Lipinski definition) is 0. The first kappa shape index (κ1) is 286. The summed E-state index contributed by atoms with van der Waals surface area (Å²) < 4.78 is 0. The molecule has 0 N–H and O–H groups in total. The maximum Gasteiger partial charge on any atom is 0 e. The van der Waals surface area contributed by atoms with Crippen LogP contribution in [0.15, 0.2) is 0 Å². The fraction of sp³-hybridized carbons (Fsp3) is 0. The summed E-state index contributed by atoms with van der Waals surface area (Å²) in [4.78, 5) is 0. The van der Waals surface area contributed by atoms with Crippen LogP contribution in [-0.4, -0.2) is 0 Å². The standard InChI is InChI=1S/3FH.Os/h3*1H;/p-3. The molecule has 0 bridgehead atoms. The molecule has 0 rings (SSSR count). The Morgan fingerprint density at radius 2 is 0.500 bits per heavy atom. The number of hydrogen-bond acceptors (Lipinski definition) is 0. The molecule has 32 valence electrons. The Morgan fingerprint density at radius 3 is 0.500 bits per heavy atom. The van der Waals surface area contributed by atoms with Crippen molar-refractivity contribution in [1.29, 1.82) is 0 Å². The van der Waals surface area contributed by atoms with Crippen LogP contribution in [-0.2, 0) is 19.8 Å². The van der Waals surface area contributed by atoms with Crippen LogP contribution in [0.3, 0.4) is 0 Å². The molecule has 0 aliphatic rings. The maximum absolute atomic E-state index is 0. The van der Waals surface area contributed by atoms with Gasteiger partial charge >= 0.3 is 0 Å². The molecular formula is F3Os-3. The largest absolute Gasteiger partial charge is 1.00 e. The molecule has 0 aliphatic heterocycles. The van der Waals surface area contributed by atoms with E-state index in [9.17, 15) is 0 Å². The molecule has 0 heterocycles. The zero-order valence-corrected chi connectivity index (χ0v) is 4.03. The van der Waals surface area contributed by atoms with Crippen molar-refractivity contribution in [3.63, 3.8) is 0 Å². The predicted molar refractivity (Wildman–Crippen MR) is 0 cm³/mol. The summed E-state index contributed by atoms with van der Waals surface area (Å²) in [5.41, 5.74) is 0. The fourth-order valence-electron chi connectivity index (χ4n) is 0. The van der Waals surface area contributed by atoms with Gasteiger partial charge < -0.3 is 14.1 Å². The van der Waals surface area contributed by atoms with E-state index in [0.717, 1.165) is 0 Å². The van der Waals surface area contributed by atoms with Crippen molar-refractivity contribution in [3.8, 4) is 0 Å². The minimum absolute atomic E-state index is 0. The molecule has 0 spiro atoms. The van der Waals surface area contributed by atoms with Gasteiger partial charge in [0.15, 0.2) is 0 Å². The summed E-state index contributed by atoms with van der Waals surface area (Å²) in [6, 6.07) is 0. The van der Waals surface area contributed by atoms with Crippen LogP contribution in [0.4, 0.5) is 0 Å². The Kier molecular flexibility index (Phi) is 7930. The van der Waals surface area contributed by atoms with E-state index < -0.39 is 0 Å². The summed E-state index contributed by atoms with van der Waals surface area (Å²) in [5.74, 6) is 0. The zero-order chi connectivity index (χ0) is 0. The monoisotopic (exact) mass is 249 g/mol. The topological polar surface area (TPSA) is 0 Å². The van der Waals surface area contributed by atoms with Crippen LogP contribution in [0.25, 0.3) is 0 Å². The van der Waals surface area contributed by atoms with Crippen molar-refractivity contribution in [2.24, 2.45) is 0 Å². The Balaban J connectivity index is 0. The molecule has 0 aromatic heterocycles. The SMILES string of the molecule is [F-].[F-].[F-].[Os]. The smallest absolute Gasteiger partial charge is 0 e. The molecule has 0 atom stereocenters. The second-order valence-electron chi connectivity index (χ2n) is 0. The molecule has 0 saturated carbocycles. The maximum atomic E-state index is 0. The Labute approximate surface area is 34.7 Å². The number of halogens is 3. The van der Waals surface area contributed by atoms with Crippen molar-refractivity contribution in [3.05, 3.63) is 0 Å². The first-order valence-electron chi connectivity index (χ1n) is 0. The second-order valence-corrected chi connectivity index (χ2v) is 0. The van der Waals surface area contributed by atoms with Crippen LogP contribution in [0.1, 0.15) is 0 Å². The fourth-order valence-corrected chi connectivity index (χ4v) is 0. The molecule has 4 heteroatoms. The normalized spacial score (nSPS) is 0. The van der Waals surface area contributed by atoms with Gasteiger partial charge in [-0.2, -0.15) is 0 Å². The Bertz CT molecular complexity index is 3.25. The van der Waals surface area contributed by atoms with Crippen molar-refractivity contribution in [2.75, 3.05) is 0 Å². The molecule has 0 nitrogen and oxygen atoms in total. The summed E-state index contributed by atoms with van der Waals surface area (Å²) in [5, 5.41) is 0. The van der Waals surface area contributed by atoms with Gasteiger partial charge in [0.1, 0.15) is 0 Å². The van der Waals surface area contributed by atoms with Crippen LogP contribution in [0, 0.1) is 0 Å². The minimum atomic E-state index is 0. The molecular weight excluding hydrogens is 247 g/mol. The van der Waals surface area contributed by atoms with Gasteiger partial charge in [0.2, 0.25) is 0 Å². The van der Waals surface area contributed by atoms with Crippen LogP contribution < -0.4 is 14.1 Å². The molecule has 4 heavy (non-hydrogen) atoms. The zero-order valence-electron chi connectivity index (χ0n) is 1.49. The van der Waals surface area contributed by atoms with Gasteiger partial charge in [0, 0.05) is 19.8 Å². The molecule has 0 saturated heterocycles. The van der Waals surface area contributed by atoms with Crippen LogP contribution in [0.2, 0.25) is 0 Å². The van der Waals surface area contributed by atoms with Crippen molar-refractivity contribution < 1.29 is 33.9 Å². The van der Waals surface area contributed by atoms with Gasteiger partial charge in [-0.05, 0) is 0 Å². The third-order valence-corrected chi connectivity index (χ3v) is 0. The molecule has 0 aromatic rings. The quantitative estimate of drug-likeness (QED) is 0.399. The van der Waals surface area contributed by atoms with E-state index in [4.69, 9.17) is 0 Å². The van der Waals surface area contributed by atoms with Gasteiger partial charge in [0.05, 0.1) is 0 Å². The van der Waals surface area contributed by atoms with Gasteiger partial charge in [-0.3, -0.25) is 0 Å². The molecule has 0 unspecified atom stereocenters. The van der Waals surface area contributed by atoms with Gasteiger partial charge in [0.25, 0.3) is 0 Å². The van der Waals surface area contributed by atoms with Crippen LogP contribution >= 0.6 is 0 Å². The van der Waals surface area contributed by atoms with E-state index >= 15 is 0 Å². The molecule has 0 radical (unpaired) electrons. The summed E-state index contributed by atoms with van der Waals surface area (Å²) in [6.07, 6.45) is 0. The predicted octanol–water partition coefficient (Wildman–Crippen LogP) is -8.99. The molecule has 0 aromatic carbocycles. The summed E-state index contributed by atoms with van der Waals surface area (Å²) in [6.45, 7) is 0. The number of rotatable bonds is 0. The van der Waals surface area contributed by atoms with E-state index in [0.29, 0.717) is 0 Å². The third-order valence-electron chi connectivity index (χ3n) is 0. The minimum Gasteiger partial charge on any atom is -1.00 e. The van der Waals surface area contributed by atoms with E-state index in [-0.39, 0.29) is 33.9 Å². The van der Waals surface area contributed by atoms with Gasteiger partial charge in [-0.1, -0.05) is 0 Å². The van der Waals surface area contributed by atoms with E-state index in [1.54, 1.807) is 0 Å². The van der Waals surface area contributed by atoms with Crippen molar-refractivity contribution >= 4 is 0 Å². The summed E-state index contributed by atoms with van der Waals surface area (Å²) in [7, 11) is 0. The van der Waals surface area contributed by atoms with E-state index in [2.05, 4.69) is 0 Å². The second kappa shape index (κ2) is 111. The average Bonchev–Trinajstić information content (AvgIpc) is 0. The first-order chi connectivity index (χ1) is 0. The van der Waals surface area contributed by atoms with E-state index in [1.165, 1.54) is 0 Å². The van der Waals surface area contributed by atoms with Crippen LogP contribution in [0.5, 0.6) is 0 Å². The molecule has 0 amide bonds. The van der Waals surface area contributed by atoms with Gasteiger partial charge in [-0.15, -0.1) is 0 Å². The molecule has 0 fully saturated rings. The van der Waals surface area contributed by atoms with Crippen molar-refractivity contribution in [1.82, 2.24) is 0 Å². The average molecular weight is 247 g/mol. The summed E-state index contributed by atoms with van der Waals surface area (Å²) >= 11 is 0. The van der Waals surface area contributed by atoms with Gasteiger partial charge in [-0.25, -0.2) is 0 Å². The third kappa shape index (κ3) is 27.2. The van der Waals surface area contributed by atoms with Crippen molar-refractivity contribution in [2.45, 2.75) is 0 Å². The first-order valence-corrected chi connectivity index (χ1v) is 0.